The summed E-state index contributed by atoms with van der Waals surface area (Å²) in [6, 6.07) is 8.90. The number of carboxylic acid groups (broad SMARTS) is 1. The molecule has 194 valence electrons. The van der Waals surface area contributed by atoms with Crippen LogP contribution in [0.15, 0.2) is 30.5 Å². The second kappa shape index (κ2) is 9.64. The van der Waals surface area contributed by atoms with E-state index < -0.39 is 5.97 Å². The molecule has 0 bridgehead atoms. The van der Waals surface area contributed by atoms with Crippen molar-refractivity contribution in [2.24, 2.45) is 5.92 Å². The molecule has 2 atom stereocenters. The number of para-hydroxylation sites is 1. The third kappa shape index (κ3) is 4.15. The molecule has 0 saturated heterocycles. The number of carboxylic acids is 1. The highest BCUT2D eigenvalue weighted by atomic mass is 16.4. The quantitative estimate of drug-likeness (QED) is 0.521. The maximum absolute atomic E-state index is 13.7. The Labute approximate surface area is 217 Å². The van der Waals surface area contributed by atoms with E-state index in [4.69, 9.17) is 0 Å². The zero-order valence-corrected chi connectivity index (χ0v) is 21.9. The number of H-pyrrole nitrogens is 1. The van der Waals surface area contributed by atoms with Crippen LogP contribution in [0.4, 0.5) is 0 Å². The highest BCUT2D eigenvalue weighted by Gasteiger charge is 2.39. The minimum atomic E-state index is -0.923. The summed E-state index contributed by atoms with van der Waals surface area (Å²) in [5.41, 5.74) is 5.18. The van der Waals surface area contributed by atoms with Gasteiger partial charge < -0.3 is 19.6 Å². The first kappa shape index (κ1) is 24.2. The molecule has 2 fully saturated rings. The van der Waals surface area contributed by atoms with E-state index in [2.05, 4.69) is 38.7 Å². The van der Waals surface area contributed by atoms with E-state index in [9.17, 15) is 14.7 Å². The fourth-order valence-electron chi connectivity index (χ4n) is 7.20. The van der Waals surface area contributed by atoms with Crippen molar-refractivity contribution in [1.29, 1.82) is 0 Å². The molecular formula is C31H37N3O3. The van der Waals surface area contributed by atoms with Crippen molar-refractivity contribution in [3.8, 4) is 0 Å². The van der Waals surface area contributed by atoms with Crippen molar-refractivity contribution < 1.29 is 14.7 Å². The number of aromatic nitrogens is 2. The average molecular weight is 500 g/mol. The van der Waals surface area contributed by atoms with Gasteiger partial charge in [-0.3, -0.25) is 4.79 Å². The van der Waals surface area contributed by atoms with Crippen LogP contribution < -0.4 is 10.6 Å². The standard InChI is InChI=1S/C31H37N3O3/c1-33(2)15-14-27(35)22-12-7-13-23-28(22)26-16-20-10-6-11-21(19-8-4-3-5-9-19)30(20)34(26)18-25-24(31(36)37)17-32-29(23)25/h6,10-11,16-19,22,28,32H,3-5,7-9,12-15H2,1-2H3,(H,36,37)/t22?,28-/m0/s1. The summed E-state index contributed by atoms with van der Waals surface area (Å²) in [7, 11) is 4.02. The number of nitrogens with one attached hydrogen (secondary N) is 1. The van der Waals surface area contributed by atoms with Crippen LogP contribution in [0.2, 0.25) is 0 Å². The molecule has 6 rings (SSSR count). The first-order valence-electron chi connectivity index (χ1n) is 13.9. The number of carbonyl (C=O) groups is 2. The topological polar surface area (TPSA) is 78.3 Å². The zero-order valence-electron chi connectivity index (χ0n) is 21.9. The Morgan fingerprint density at radius 2 is 1.92 bits per heavy atom. The smallest absolute Gasteiger partial charge is 0.337 e. The van der Waals surface area contributed by atoms with Gasteiger partial charge in [0.1, 0.15) is 5.78 Å². The molecule has 0 spiro atoms. The summed E-state index contributed by atoms with van der Waals surface area (Å²) in [6.45, 7) is 0.745. The van der Waals surface area contributed by atoms with E-state index >= 15 is 0 Å². The lowest BCUT2D eigenvalue weighted by Crippen LogP contribution is -2.35. The number of hydrogen-bond acceptors (Lipinski definition) is 3. The first-order valence-corrected chi connectivity index (χ1v) is 13.9. The fourth-order valence-corrected chi connectivity index (χ4v) is 7.20. The van der Waals surface area contributed by atoms with Crippen molar-refractivity contribution in [3.05, 3.63) is 57.9 Å². The summed E-state index contributed by atoms with van der Waals surface area (Å²) < 4.78 is 2.27. The molecule has 6 heteroatoms. The molecule has 3 aliphatic rings. The van der Waals surface area contributed by atoms with Gasteiger partial charge in [0.05, 0.1) is 11.1 Å². The molecule has 3 aromatic rings. The molecule has 2 aliphatic carbocycles. The molecule has 2 saturated carbocycles. The number of benzene rings is 1. The maximum atomic E-state index is 13.7. The number of hydrogen-bond donors (Lipinski definition) is 2. The molecule has 0 amide bonds. The lowest BCUT2D eigenvalue weighted by atomic mass is 9.71. The highest BCUT2D eigenvalue weighted by Crippen LogP contribution is 2.46. The highest BCUT2D eigenvalue weighted by molar-refractivity contribution is 5.92. The minimum Gasteiger partial charge on any atom is -0.478 e. The number of carbonyl (C=O) groups excluding carboxylic acids is 1. The summed E-state index contributed by atoms with van der Waals surface area (Å²) >= 11 is 0. The molecule has 0 radical (unpaired) electrons. The van der Waals surface area contributed by atoms with E-state index in [1.54, 1.807) is 6.20 Å². The number of rotatable bonds is 6. The van der Waals surface area contributed by atoms with Gasteiger partial charge in [-0.2, -0.15) is 0 Å². The maximum Gasteiger partial charge on any atom is 0.337 e. The largest absolute Gasteiger partial charge is 0.478 e. The van der Waals surface area contributed by atoms with Crippen LogP contribution >= 0.6 is 0 Å². The summed E-state index contributed by atoms with van der Waals surface area (Å²) in [6.07, 6.45) is 13.1. The monoisotopic (exact) mass is 499 g/mol. The van der Waals surface area contributed by atoms with Crippen molar-refractivity contribution in [1.82, 2.24) is 14.5 Å². The van der Waals surface area contributed by atoms with E-state index in [1.165, 1.54) is 54.1 Å². The molecule has 6 nitrogen and oxygen atoms in total. The summed E-state index contributed by atoms with van der Waals surface area (Å²) in [5.74, 6) is -0.236. The molecule has 1 aromatic carbocycles. The van der Waals surface area contributed by atoms with Crippen LogP contribution in [-0.2, 0) is 4.79 Å². The van der Waals surface area contributed by atoms with Gasteiger partial charge in [-0.05, 0) is 69.3 Å². The van der Waals surface area contributed by atoms with Gasteiger partial charge in [0.2, 0.25) is 0 Å². The number of nitrogens with zero attached hydrogens (tertiary/aromatic N) is 2. The van der Waals surface area contributed by atoms with Crippen LogP contribution in [0, 0.1) is 5.92 Å². The minimum absolute atomic E-state index is 0.0483. The van der Waals surface area contributed by atoms with E-state index in [0.29, 0.717) is 23.7 Å². The Hall–Kier alpha value is -3.12. The van der Waals surface area contributed by atoms with Crippen LogP contribution in [0.3, 0.4) is 0 Å². The first-order chi connectivity index (χ1) is 17.9. The molecule has 1 unspecified atom stereocenters. The van der Waals surface area contributed by atoms with Crippen LogP contribution in [0.5, 0.6) is 0 Å². The Bertz CT molecular complexity index is 1490. The van der Waals surface area contributed by atoms with Crippen LogP contribution in [0.1, 0.15) is 91.2 Å². The molecule has 2 N–H and O–H groups in total. The predicted molar refractivity (Wildman–Crippen MR) is 146 cm³/mol. The number of Topliss-reactive ketones (excluding diaryl/α,β-unsaturated/α-hetero) is 1. The number of fused-ring (bicyclic) bond motifs is 6. The van der Waals surface area contributed by atoms with E-state index in [-0.39, 0.29) is 11.8 Å². The molecule has 3 heterocycles. The normalized spacial score (nSPS) is 21.8. The van der Waals surface area contributed by atoms with Crippen molar-refractivity contribution in [2.45, 2.75) is 69.6 Å². The molecular weight excluding hydrogens is 462 g/mol. The third-order valence-corrected chi connectivity index (χ3v) is 8.97. The second-order valence-corrected chi connectivity index (χ2v) is 11.5. The lowest BCUT2D eigenvalue weighted by Gasteiger charge is -2.33. The lowest BCUT2D eigenvalue weighted by molar-refractivity contribution is -0.123. The van der Waals surface area contributed by atoms with E-state index in [1.807, 2.05) is 20.3 Å². The van der Waals surface area contributed by atoms with Gasteiger partial charge in [-0.25, -0.2) is 4.79 Å². The zero-order chi connectivity index (χ0) is 25.7. The molecule has 1 aliphatic heterocycles. The number of aromatic amines is 1. The Balaban J connectivity index is 1.61. The van der Waals surface area contributed by atoms with Crippen molar-refractivity contribution in [3.63, 3.8) is 0 Å². The van der Waals surface area contributed by atoms with Gasteiger partial charge in [-0.1, -0.05) is 37.5 Å². The fraction of sp³-hybridized carbons (Fsp3) is 0.484. The predicted octanol–water partition coefficient (Wildman–Crippen LogP) is 4.57. The third-order valence-electron chi connectivity index (χ3n) is 8.97. The molecule has 37 heavy (non-hydrogen) atoms. The van der Waals surface area contributed by atoms with Gasteiger partial charge in [0.25, 0.3) is 0 Å². The van der Waals surface area contributed by atoms with Gasteiger partial charge in [0, 0.05) is 58.8 Å². The van der Waals surface area contributed by atoms with Crippen molar-refractivity contribution >= 4 is 34.4 Å². The Morgan fingerprint density at radius 1 is 1.11 bits per heavy atom. The van der Waals surface area contributed by atoms with E-state index in [0.717, 1.165) is 42.1 Å². The van der Waals surface area contributed by atoms with Crippen molar-refractivity contribution in [2.75, 3.05) is 20.6 Å². The number of ketones is 1. The van der Waals surface area contributed by atoms with Crippen LogP contribution in [0.25, 0.3) is 22.7 Å². The Morgan fingerprint density at radius 3 is 2.68 bits per heavy atom. The van der Waals surface area contributed by atoms with Gasteiger partial charge >= 0.3 is 5.97 Å². The summed E-state index contributed by atoms with van der Waals surface area (Å²) in [4.78, 5) is 31.3. The van der Waals surface area contributed by atoms with Crippen LogP contribution in [-0.4, -0.2) is 52.0 Å². The summed E-state index contributed by atoms with van der Waals surface area (Å²) in [5, 5.41) is 12.9. The van der Waals surface area contributed by atoms with Gasteiger partial charge in [-0.15, -0.1) is 0 Å². The second-order valence-electron chi connectivity index (χ2n) is 11.5. The SMILES string of the molecule is CN(C)CCC(=O)C1CCCC2=c3[nH]cc(C(=O)O)c3=Cn3c(cc4cccc(C5CCCCC5)c43)[C@H]21. The average Bonchev–Trinajstić information content (AvgIpc) is 3.46. The van der Waals surface area contributed by atoms with Gasteiger partial charge in [0.15, 0.2) is 0 Å². The Kier molecular flexibility index (Phi) is 6.31. The number of aromatic carboxylic acids is 1. The molecule has 2 aromatic heterocycles.